The lowest BCUT2D eigenvalue weighted by atomic mass is 10.1. The van der Waals surface area contributed by atoms with Crippen molar-refractivity contribution in [1.29, 1.82) is 0 Å². The summed E-state index contributed by atoms with van der Waals surface area (Å²) < 4.78 is 6.93. The number of furan rings is 1. The van der Waals surface area contributed by atoms with Gasteiger partial charge in [-0.15, -0.1) is 5.10 Å². The van der Waals surface area contributed by atoms with Gasteiger partial charge in [0, 0.05) is 0 Å². The highest BCUT2D eigenvalue weighted by atomic mass is 32.2. The number of rotatable bonds is 6. The highest BCUT2D eigenvalue weighted by Gasteiger charge is 2.15. The summed E-state index contributed by atoms with van der Waals surface area (Å²) in [6.07, 6.45) is 1.59. The van der Waals surface area contributed by atoms with Gasteiger partial charge in [0.25, 0.3) is 0 Å². The summed E-state index contributed by atoms with van der Waals surface area (Å²) in [5.74, 6) is 0.831. The second-order valence-corrected chi connectivity index (χ2v) is 6.68. The van der Waals surface area contributed by atoms with Gasteiger partial charge in [0.1, 0.15) is 5.76 Å². The van der Waals surface area contributed by atoms with E-state index in [4.69, 9.17) is 4.42 Å². The van der Waals surface area contributed by atoms with E-state index in [-0.39, 0.29) is 17.7 Å². The van der Waals surface area contributed by atoms with Gasteiger partial charge in [-0.05, 0) is 66.6 Å². The highest BCUT2D eigenvalue weighted by Crippen LogP contribution is 2.20. The average molecular weight is 357 g/mol. The van der Waals surface area contributed by atoms with Crippen molar-refractivity contribution in [2.75, 3.05) is 5.75 Å². The van der Waals surface area contributed by atoms with E-state index in [9.17, 15) is 4.79 Å². The van der Waals surface area contributed by atoms with Crippen LogP contribution < -0.4 is 5.32 Å². The van der Waals surface area contributed by atoms with Crippen LogP contribution >= 0.6 is 11.8 Å². The Morgan fingerprint density at radius 3 is 2.88 bits per heavy atom. The number of amides is 1. The molecule has 25 heavy (non-hydrogen) atoms. The van der Waals surface area contributed by atoms with Gasteiger partial charge in [-0.2, -0.15) is 4.68 Å². The van der Waals surface area contributed by atoms with Gasteiger partial charge in [0.05, 0.1) is 23.7 Å². The smallest absolute Gasteiger partial charge is 0.231 e. The molecule has 0 saturated heterocycles. The first kappa shape index (κ1) is 17.2. The zero-order chi connectivity index (χ0) is 17.8. The molecule has 0 radical (unpaired) electrons. The predicted octanol–water partition coefficient (Wildman–Crippen LogP) is 2.84. The molecule has 3 aromatic rings. The first-order chi connectivity index (χ1) is 12.0. The van der Waals surface area contributed by atoms with Gasteiger partial charge < -0.3 is 9.73 Å². The Morgan fingerprint density at radius 1 is 1.32 bits per heavy atom. The molecule has 0 fully saturated rings. The van der Waals surface area contributed by atoms with Gasteiger partial charge in [-0.25, -0.2) is 0 Å². The van der Waals surface area contributed by atoms with Crippen molar-refractivity contribution in [2.24, 2.45) is 0 Å². The van der Waals surface area contributed by atoms with Crippen molar-refractivity contribution in [3.63, 3.8) is 0 Å². The number of nitrogens with one attached hydrogen (secondary N) is 1. The molecule has 0 aliphatic rings. The van der Waals surface area contributed by atoms with E-state index < -0.39 is 0 Å². The minimum atomic E-state index is -0.182. The number of tetrazole rings is 1. The SMILES string of the molecule is Cc1ccc(-n2nnnc2SCC(=O)N[C@@H](C)c2ccco2)cc1C. The number of thioether (sulfide) groups is 1. The maximum Gasteiger partial charge on any atom is 0.231 e. The lowest BCUT2D eigenvalue weighted by molar-refractivity contribution is -0.119. The molecular weight excluding hydrogens is 338 g/mol. The molecule has 2 heterocycles. The number of hydrogen-bond donors (Lipinski definition) is 1. The van der Waals surface area contributed by atoms with Crippen LogP contribution in [0.25, 0.3) is 5.69 Å². The summed E-state index contributed by atoms with van der Waals surface area (Å²) in [5.41, 5.74) is 3.24. The van der Waals surface area contributed by atoms with Crippen LogP contribution in [0.4, 0.5) is 0 Å². The maximum absolute atomic E-state index is 12.1. The lowest BCUT2D eigenvalue weighted by Gasteiger charge is -2.11. The topological polar surface area (TPSA) is 85.8 Å². The summed E-state index contributed by atoms with van der Waals surface area (Å²) in [5, 5.41) is 15.2. The number of benzene rings is 1. The monoisotopic (exact) mass is 357 g/mol. The fourth-order valence-electron chi connectivity index (χ4n) is 2.31. The summed E-state index contributed by atoms with van der Waals surface area (Å²) in [4.78, 5) is 12.1. The quantitative estimate of drug-likeness (QED) is 0.683. The zero-order valence-corrected chi connectivity index (χ0v) is 15.1. The summed E-state index contributed by atoms with van der Waals surface area (Å²) in [6.45, 7) is 5.97. The van der Waals surface area contributed by atoms with Crippen molar-refractivity contribution >= 4 is 17.7 Å². The molecule has 2 aromatic heterocycles. The Kier molecular flexibility index (Phi) is 5.18. The molecule has 1 amide bonds. The summed E-state index contributed by atoms with van der Waals surface area (Å²) in [6, 6.07) is 9.46. The van der Waals surface area contributed by atoms with Gasteiger partial charge in [0.15, 0.2) is 0 Å². The fourth-order valence-corrected chi connectivity index (χ4v) is 3.01. The predicted molar refractivity (Wildman–Crippen MR) is 94.6 cm³/mol. The van der Waals surface area contributed by atoms with Crippen molar-refractivity contribution < 1.29 is 9.21 Å². The van der Waals surface area contributed by atoms with E-state index in [1.807, 2.05) is 38.1 Å². The summed E-state index contributed by atoms with van der Waals surface area (Å²) >= 11 is 1.29. The van der Waals surface area contributed by atoms with Crippen molar-refractivity contribution in [3.8, 4) is 5.69 Å². The van der Waals surface area contributed by atoms with Crippen LogP contribution in [0.2, 0.25) is 0 Å². The van der Waals surface area contributed by atoms with Gasteiger partial charge in [0.2, 0.25) is 11.1 Å². The molecule has 0 aliphatic carbocycles. The van der Waals surface area contributed by atoms with E-state index in [0.29, 0.717) is 5.16 Å². The third kappa shape index (κ3) is 4.08. The molecule has 0 unspecified atom stereocenters. The van der Waals surface area contributed by atoms with E-state index in [1.165, 1.54) is 17.3 Å². The number of carbonyl (C=O) groups excluding carboxylic acids is 1. The van der Waals surface area contributed by atoms with Crippen LogP contribution in [-0.2, 0) is 4.79 Å². The molecule has 0 spiro atoms. The highest BCUT2D eigenvalue weighted by molar-refractivity contribution is 7.99. The first-order valence-corrected chi connectivity index (χ1v) is 8.84. The van der Waals surface area contributed by atoms with E-state index in [2.05, 4.69) is 27.8 Å². The third-order valence-corrected chi connectivity index (χ3v) is 4.78. The summed E-state index contributed by atoms with van der Waals surface area (Å²) in [7, 11) is 0. The van der Waals surface area contributed by atoms with Crippen molar-refractivity contribution in [3.05, 3.63) is 53.5 Å². The van der Waals surface area contributed by atoms with Crippen LogP contribution in [0.15, 0.2) is 46.2 Å². The zero-order valence-electron chi connectivity index (χ0n) is 14.3. The Morgan fingerprint density at radius 2 is 2.16 bits per heavy atom. The molecule has 8 heteroatoms. The molecule has 3 rings (SSSR count). The molecule has 0 bridgehead atoms. The Bertz CT molecular complexity index is 860. The van der Waals surface area contributed by atoms with Crippen molar-refractivity contribution in [1.82, 2.24) is 25.5 Å². The second kappa shape index (κ2) is 7.52. The van der Waals surface area contributed by atoms with E-state index in [0.717, 1.165) is 17.0 Å². The van der Waals surface area contributed by atoms with Gasteiger partial charge in [-0.3, -0.25) is 4.79 Å². The van der Waals surface area contributed by atoms with Crippen LogP contribution in [0.3, 0.4) is 0 Å². The first-order valence-electron chi connectivity index (χ1n) is 7.86. The van der Waals surface area contributed by atoms with Crippen LogP contribution in [0.1, 0.15) is 29.9 Å². The average Bonchev–Trinajstić information content (AvgIpc) is 3.27. The van der Waals surface area contributed by atoms with Gasteiger partial charge in [-0.1, -0.05) is 17.8 Å². The molecule has 7 nitrogen and oxygen atoms in total. The maximum atomic E-state index is 12.1. The molecule has 1 atom stereocenters. The molecule has 130 valence electrons. The van der Waals surface area contributed by atoms with Gasteiger partial charge >= 0.3 is 0 Å². The Labute approximate surface area is 149 Å². The minimum Gasteiger partial charge on any atom is -0.467 e. The fraction of sp³-hybridized carbons (Fsp3) is 0.294. The number of aromatic nitrogens is 4. The standard InChI is InChI=1S/C17H19N5O2S/c1-11-6-7-14(9-12(11)2)22-17(19-20-21-22)25-10-16(23)18-13(3)15-5-4-8-24-15/h4-9,13H,10H2,1-3H3,(H,18,23)/t13-/m0/s1. The Balaban J connectivity index is 1.63. The number of aryl methyl sites for hydroxylation is 2. The molecule has 0 saturated carbocycles. The third-order valence-electron chi connectivity index (χ3n) is 3.86. The van der Waals surface area contributed by atoms with Crippen molar-refractivity contribution in [2.45, 2.75) is 32.0 Å². The number of hydrogen-bond acceptors (Lipinski definition) is 6. The largest absolute Gasteiger partial charge is 0.467 e. The number of carbonyl (C=O) groups is 1. The van der Waals surface area contributed by atoms with E-state index in [1.54, 1.807) is 17.0 Å². The van der Waals surface area contributed by atoms with Crippen LogP contribution in [0, 0.1) is 13.8 Å². The molecular formula is C17H19N5O2S. The molecule has 0 aliphatic heterocycles. The normalized spacial score (nSPS) is 12.1. The molecule has 1 N–H and O–H groups in total. The van der Waals surface area contributed by atoms with E-state index >= 15 is 0 Å². The Hall–Kier alpha value is -2.61. The molecule has 1 aromatic carbocycles. The second-order valence-electron chi connectivity index (χ2n) is 5.74. The van der Waals surface area contributed by atoms with Crippen LogP contribution in [0.5, 0.6) is 0 Å². The van der Waals surface area contributed by atoms with Crippen LogP contribution in [-0.4, -0.2) is 31.9 Å². The number of nitrogens with zero attached hydrogens (tertiary/aromatic N) is 4. The lowest BCUT2D eigenvalue weighted by Crippen LogP contribution is -2.28. The minimum absolute atomic E-state index is 0.108.